The SMILES string of the molecule is O=C(C[C@@H](O)C(=O)Nc1ccc(Cl)cc1)Nc1ccc(-n2ccccc2=O)cc1F. The molecule has 1 aromatic heterocycles. The van der Waals surface area contributed by atoms with Gasteiger partial charge >= 0.3 is 0 Å². The zero-order chi connectivity index (χ0) is 21.7. The molecule has 30 heavy (non-hydrogen) atoms. The lowest BCUT2D eigenvalue weighted by atomic mass is 10.2. The number of anilines is 2. The van der Waals surface area contributed by atoms with Gasteiger partial charge in [0.1, 0.15) is 11.9 Å². The summed E-state index contributed by atoms with van der Waals surface area (Å²) in [6.45, 7) is 0. The molecule has 3 rings (SSSR count). The summed E-state index contributed by atoms with van der Waals surface area (Å²) in [5, 5.41) is 15.2. The number of carbonyl (C=O) groups is 2. The molecule has 0 unspecified atom stereocenters. The summed E-state index contributed by atoms with van der Waals surface area (Å²) in [7, 11) is 0. The van der Waals surface area contributed by atoms with Crippen LogP contribution in [0.1, 0.15) is 6.42 Å². The van der Waals surface area contributed by atoms with Gasteiger partial charge in [-0.15, -0.1) is 0 Å². The molecule has 0 fully saturated rings. The van der Waals surface area contributed by atoms with Crippen LogP contribution in [-0.4, -0.2) is 27.6 Å². The summed E-state index contributed by atoms with van der Waals surface area (Å²) in [5.74, 6) is -2.30. The number of amides is 2. The maximum absolute atomic E-state index is 14.4. The predicted octanol–water partition coefficient (Wildman–Crippen LogP) is 2.96. The van der Waals surface area contributed by atoms with E-state index in [0.717, 1.165) is 6.07 Å². The molecule has 0 aliphatic carbocycles. The van der Waals surface area contributed by atoms with E-state index in [9.17, 15) is 23.9 Å². The summed E-state index contributed by atoms with van der Waals surface area (Å²) in [4.78, 5) is 35.9. The Bertz CT molecular complexity index is 1130. The zero-order valence-corrected chi connectivity index (χ0v) is 16.3. The summed E-state index contributed by atoms with van der Waals surface area (Å²) >= 11 is 5.76. The molecule has 0 saturated heterocycles. The number of pyridine rings is 1. The molecule has 0 aliphatic rings. The van der Waals surface area contributed by atoms with Gasteiger partial charge < -0.3 is 15.7 Å². The number of hydrogen-bond donors (Lipinski definition) is 3. The molecule has 2 amide bonds. The zero-order valence-electron chi connectivity index (χ0n) is 15.5. The van der Waals surface area contributed by atoms with Crippen LogP contribution in [0, 0.1) is 5.82 Å². The van der Waals surface area contributed by atoms with Gasteiger partial charge in [0, 0.05) is 29.0 Å². The van der Waals surface area contributed by atoms with Crippen molar-refractivity contribution in [2.45, 2.75) is 12.5 Å². The summed E-state index contributed by atoms with van der Waals surface area (Å²) in [6, 6.07) is 14.6. The van der Waals surface area contributed by atoms with Crippen LogP contribution in [0.4, 0.5) is 15.8 Å². The van der Waals surface area contributed by atoms with Gasteiger partial charge in [-0.1, -0.05) is 17.7 Å². The first-order valence-corrected chi connectivity index (χ1v) is 9.23. The maximum atomic E-state index is 14.4. The molecule has 0 bridgehead atoms. The minimum Gasteiger partial charge on any atom is -0.383 e. The molecule has 9 heteroatoms. The van der Waals surface area contributed by atoms with E-state index in [1.165, 1.54) is 29.0 Å². The lowest BCUT2D eigenvalue weighted by Crippen LogP contribution is -2.31. The third-order valence-electron chi connectivity index (χ3n) is 4.12. The van der Waals surface area contributed by atoms with E-state index in [4.69, 9.17) is 11.6 Å². The normalized spacial score (nSPS) is 11.6. The number of nitrogens with zero attached hydrogens (tertiary/aromatic N) is 1. The van der Waals surface area contributed by atoms with Crippen molar-refractivity contribution in [3.05, 3.63) is 88.1 Å². The van der Waals surface area contributed by atoms with E-state index in [0.29, 0.717) is 16.4 Å². The second-order valence-electron chi connectivity index (χ2n) is 6.34. The first-order chi connectivity index (χ1) is 14.3. The third kappa shape index (κ3) is 5.31. The highest BCUT2D eigenvalue weighted by molar-refractivity contribution is 6.30. The number of carbonyl (C=O) groups excluding carboxylic acids is 2. The minimum atomic E-state index is -1.63. The fourth-order valence-electron chi connectivity index (χ4n) is 2.62. The van der Waals surface area contributed by atoms with Crippen LogP contribution in [0.5, 0.6) is 0 Å². The first kappa shape index (κ1) is 21.2. The minimum absolute atomic E-state index is 0.141. The second kappa shape index (κ2) is 9.34. The van der Waals surface area contributed by atoms with Crippen LogP contribution in [0.15, 0.2) is 71.7 Å². The Balaban J connectivity index is 1.61. The van der Waals surface area contributed by atoms with Crippen molar-refractivity contribution in [1.82, 2.24) is 4.57 Å². The van der Waals surface area contributed by atoms with Crippen LogP contribution in [-0.2, 0) is 9.59 Å². The highest BCUT2D eigenvalue weighted by Gasteiger charge is 2.20. The van der Waals surface area contributed by atoms with Crippen LogP contribution in [0.3, 0.4) is 0 Å². The average molecular weight is 430 g/mol. The topological polar surface area (TPSA) is 100 Å². The van der Waals surface area contributed by atoms with E-state index < -0.39 is 30.2 Å². The molecule has 154 valence electrons. The monoisotopic (exact) mass is 429 g/mol. The van der Waals surface area contributed by atoms with Crippen LogP contribution in [0.2, 0.25) is 5.02 Å². The number of aromatic nitrogens is 1. The third-order valence-corrected chi connectivity index (χ3v) is 4.37. The Hall–Kier alpha value is -3.49. The molecule has 0 spiro atoms. The van der Waals surface area contributed by atoms with Crippen LogP contribution < -0.4 is 16.2 Å². The van der Waals surface area contributed by atoms with Crippen molar-refractivity contribution in [3.63, 3.8) is 0 Å². The van der Waals surface area contributed by atoms with Gasteiger partial charge in [-0.2, -0.15) is 0 Å². The highest BCUT2D eigenvalue weighted by atomic mass is 35.5. The first-order valence-electron chi connectivity index (χ1n) is 8.85. The van der Waals surface area contributed by atoms with E-state index in [2.05, 4.69) is 10.6 Å². The number of halogens is 2. The molecule has 0 saturated carbocycles. The standard InChI is InChI=1S/C21H17ClFN3O4/c22-13-4-6-14(7-5-13)24-21(30)18(27)12-19(28)25-17-9-8-15(11-16(17)23)26-10-2-1-3-20(26)29/h1-11,18,27H,12H2,(H,24,30)(H,25,28)/t18-/m1/s1. The second-order valence-corrected chi connectivity index (χ2v) is 6.77. The number of hydrogen-bond acceptors (Lipinski definition) is 4. The van der Waals surface area contributed by atoms with Gasteiger partial charge in [0.05, 0.1) is 17.8 Å². The molecule has 0 aliphatic heterocycles. The van der Waals surface area contributed by atoms with Crippen LogP contribution in [0.25, 0.3) is 5.69 Å². The number of rotatable bonds is 6. The van der Waals surface area contributed by atoms with Gasteiger partial charge in [-0.3, -0.25) is 19.0 Å². The largest absolute Gasteiger partial charge is 0.383 e. The smallest absolute Gasteiger partial charge is 0.255 e. The lowest BCUT2D eigenvalue weighted by Gasteiger charge is -2.13. The molecule has 1 atom stereocenters. The summed E-state index contributed by atoms with van der Waals surface area (Å²) in [5.41, 5.74) is 0.224. The Morgan fingerprint density at radius 1 is 1.07 bits per heavy atom. The molecule has 3 N–H and O–H groups in total. The Kier molecular flexibility index (Phi) is 6.61. The molecule has 7 nitrogen and oxygen atoms in total. The molecule has 1 heterocycles. The number of benzene rings is 2. The number of aliphatic hydroxyl groups is 1. The molecule has 0 radical (unpaired) electrons. The maximum Gasteiger partial charge on any atom is 0.255 e. The van der Waals surface area contributed by atoms with Crippen LogP contribution >= 0.6 is 11.6 Å². The number of nitrogens with one attached hydrogen (secondary N) is 2. The Labute approximate surface area is 175 Å². The van der Waals surface area contributed by atoms with Crippen molar-refractivity contribution >= 4 is 34.8 Å². The van der Waals surface area contributed by atoms with Gasteiger partial charge in [0.25, 0.3) is 11.5 Å². The molecular weight excluding hydrogens is 413 g/mol. The molecule has 3 aromatic rings. The molecular formula is C21H17ClFN3O4. The van der Waals surface area contributed by atoms with Crippen molar-refractivity contribution in [1.29, 1.82) is 0 Å². The number of aliphatic hydroxyl groups excluding tert-OH is 1. The fourth-order valence-corrected chi connectivity index (χ4v) is 2.75. The predicted molar refractivity (Wildman–Crippen MR) is 111 cm³/mol. The summed E-state index contributed by atoms with van der Waals surface area (Å²) < 4.78 is 15.6. The van der Waals surface area contributed by atoms with Gasteiger partial charge in [0.15, 0.2) is 0 Å². The molecule has 2 aromatic carbocycles. The van der Waals surface area contributed by atoms with Gasteiger partial charge in [-0.25, -0.2) is 4.39 Å². The van der Waals surface area contributed by atoms with E-state index >= 15 is 0 Å². The fraction of sp³-hybridized carbons (Fsp3) is 0.0952. The van der Waals surface area contributed by atoms with Crippen molar-refractivity contribution in [3.8, 4) is 5.69 Å². The van der Waals surface area contributed by atoms with Gasteiger partial charge in [0.2, 0.25) is 5.91 Å². The summed E-state index contributed by atoms with van der Waals surface area (Å²) in [6.07, 6.45) is -0.713. The Morgan fingerprint density at radius 2 is 1.80 bits per heavy atom. The van der Waals surface area contributed by atoms with E-state index in [1.54, 1.807) is 36.4 Å². The lowest BCUT2D eigenvalue weighted by molar-refractivity contribution is -0.128. The van der Waals surface area contributed by atoms with Gasteiger partial charge in [-0.05, 0) is 42.5 Å². The van der Waals surface area contributed by atoms with E-state index in [1.807, 2.05) is 0 Å². The average Bonchev–Trinajstić information content (AvgIpc) is 2.71. The van der Waals surface area contributed by atoms with Crippen molar-refractivity contribution < 1.29 is 19.1 Å². The van der Waals surface area contributed by atoms with Crippen molar-refractivity contribution in [2.24, 2.45) is 0 Å². The highest BCUT2D eigenvalue weighted by Crippen LogP contribution is 2.18. The Morgan fingerprint density at radius 3 is 2.47 bits per heavy atom. The quantitative estimate of drug-likeness (QED) is 0.560. The van der Waals surface area contributed by atoms with Crippen molar-refractivity contribution in [2.75, 3.05) is 10.6 Å². The van der Waals surface area contributed by atoms with E-state index in [-0.39, 0.29) is 11.2 Å².